The normalized spacial score (nSPS) is 11.7. The number of ether oxygens (including phenoxy) is 1. The van der Waals surface area contributed by atoms with Gasteiger partial charge < -0.3 is 21.7 Å². The van der Waals surface area contributed by atoms with Gasteiger partial charge in [0.25, 0.3) is 10.1 Å². The van der Waals surface area contributed by atoms with Gasteiger partial charge in [0.05, 0.1) is 13.0 Å². The van der Waals surface area contributed by atoms with Crippen molar-refractivity contribution >= 4 is 22.1 Å². The minimum Gasteiger partial charge on any atom is -0.481 e. The van der Waals surface area contributed by atoms with E-state index in [0.717, 1.165) is 25.8 Å². The molecule has 0 radical (unpaired) electrons. The molecule has 0 spiro atoms. The van der Waals surface area contributed by atoms with Crippen LogP contribution in [-0.2, 0) is 24.4 Å². The minimum absolute atomic E-state index is 0. The number of rotatable bonds is 25. The van der Waals surface area contributed by atoms with Gasteiger partial charge in [-0.05, 0) is 19.4 Å². The third kappa shape index (κ3) is 31.0. The molecule has 230 valence electrons. The molecule has 0 amide bonds. The number of aliphatic carboxylic acids is 1. The smallest absolute Gasteiger partial charge is 0.327 e. The first-order valence-corrected chi connectivity index (χ1v) is 16.3. The van der Waals surface area contributed by atoms with Crippen molar-refractivity contribution in [3.63, 3.8) is 0 Å². The zero-order valence-corrected chi connectivity index (χ0v) is 25.3. The third-order valence-corrected chi connectivity index (χ3v) is 7.36. The summed E-state index contributed by atoms with van der Waals surface area (Å²) in [6.45, 7) is 5.36. The summed E-state index contributed by atoms with van der Waals surface area (Å²) in [6, 6.07) is 0. The number of carboxylic acid groups (broad SMARTS) is 1. The lowest BCUT2D eigenvalue weighted by molar-refractivity contribution is -0.147. The molecule has 38 heavy (non-hydrogen) atoms. The van der Waals surface area contributed by atoms with Gasteiger partial charge >= 0.3 is 11.9 Å². The van der Waals surface area contributed by atoms with Gasteiger partial charge in [-0.2, -0.15) is 8.42 Å². The second kappa shape index (κ2) is 30.3. The molecule has 7 N–H and O–H groups in total. The number of carbonyl (C=O) groups is 2. The second-order valence-electron chi connectivity index (χ2n) is 9.92. The molecule has 1 unspecified atom stereocenters. The van der Waals surface area contributed by atoms with E-state index in [1.807, 2.05) is 0 Å². The lowest BCUT2D eigenvalue weighted by Crippen LogP contribution is -2.34. The van der Waals surface area contributed by atoms with Crippen molar-refractivity contribution in [2.45, 2.75) is 154 Å². The van der Waals surface area contributed by atoms with Crippen LogP contribution in [-0.4, -0.2) is 48.4 Å². The lowest BCUT2D eigenvalue weighted by Gasteiger charge is -2.11. The summed E-state index contributed by atoms with van der Waals surface area (Å²) in [4.78, 5) is 22.1. The monoisotopic (exact) mass is 568 g/mol. The molecule has 0 aliphatic rings. The predicted octanol–water partition coefficient (Wildman–Crippen LogP) is 7.21. The van der Waals surface area contributed by atoms with Crippen LogP contribution in [0, 0.1) is 0 Å². The zero-order valence-electron chi connectivity index (χ0n) is 24.5. The van der Waals surface area contributed by atoms with Crippen LogP contribution in [0.25, 0.3) is 0 Å². The molecule has 0 aliphatic carbocycles. The van der Waals surface area contributed by atoms with Crippen LogP contribution in [0.1, 0.15) is 149 Å². The topological polar surface area (TPSA) is 179 Å². The first kappa shape index (κ1) is 41.3. The molecule has 0 fully saturated rings. The standard InChI is InChI=1S/C16H30O7S.C12H27N.H3N/c1-2-3-4-5-6-7-8-9-10-11-12-23-16(19)14(13-15(17)18)24(20,21)22;1-2-3-4-5-6-7-8-9-10-11-12-13;/h14H,2-13H2,1H3,(H,17,18)(H,20,21,22);2-13H2,1H3;1H3. The Balaban J connectivity index is -0.000000743. The first-order chi connectivity index (χ1) is 17.7. The van der Waals surface area contributed by atoms with Gasteiger partial charge in [-0.25, -0.2) is 0 Å². The molecule has 10 heteroatoms. The molecule has 0 aromatic rings. The van der Waals surface area contributed by atoms with Crippen LogP contribution < -0.4 is 11.9 Å². The summed E-state index contributed by atoms with van der Waals surface area (Å²) < 4.78 is 35.6. The quantitative estimate of drug-likeness (QED) is 0.0502. The van der Waals surface area contributed by atoms with E-state index >= 15 is 0 Å². The second-order valence-corrected chi connectivity index (χ2v) is 11.5. The molecule has 0 heterocycles. The van der Waals surface area contributed by atoms with Crippen molar-refractivity contribution in [2.24, 2.45) is 5.73 Å². The number of nitrogens with two attached hydrogens (primary N) is 1. The lowest BCUT2D eigenvalue weighted by atomic mass is 10.1. The maximum atomic E-state index is 11.6. The van der Waals surface area contributed by atoms with Crippen LogP contribution in [0.2, 0.25) is 0 Å². The van der Waals surface area contributed by atoms with Crippen LogP contribution in [0.3, 0.4) is 0 Å². The van der Waals surface area contributed by atoms with Gasteiger partial charge in [0.2, 0.25) is 0 Å². The van der Waals surface area contributed by atoms with E-state index in [1.165, 1.54) is 103 Å². The Morgan fingerprint density at radius 2 is 1.03 bits per heavy atom. The molecule has 0 aromatic heterocycles. The van der Waals surface area contributed by atoms with Crippen LogP contribution >= 0.6 is 0 Å². The summed E-state index contributed by atoms with van der Waals surface area (Å²) in [5.41, 5.74) is 5.42. The Morgan fingerprint density at radius 3 is 1.34 bits per heavy atom. The summed E-state index contributed by atoms with van der Waals surface area (Å²) in [5.74, 6) is -2.70. The molecule has 0 bridgehead atoms. The highest BCUT2D eigenvalue weighted by Crippen LogP contribution is 2.12. The van der Waals surface area contributed by atoms with Crippen molar-refractivity contribution in [3.05, 3.63) is 0 Å². The largest absolute Gasteiger partial charge is 0.481 e. The number of carbonyl (C=O) groups excluding carboxylic acids is 1. The Kier molecular flexibility index (Phi) is 32.9. The van der Waals surface area contributed by atoms with E-state index < -0.39 is 33.7 Å². The predicted molar refractivity (Wildman–Crippen MR) is 156 cm³/mol. The first-order valence-electron chi connectivity index (χ1n) is 14.7. The molecule has 0 aromatic carbocycles. The molecule has 0 aliphatic heterocycles. The van der Waals surface area contributed by atoms with Crippen LogP contribution in [0.5, 0.6) is 0 Å². The molecule has 0 saturated carbocycles. The fraction of sp³-hybridized carbons (Fsp3) is 0.929. The Hall–Kier alpha value is -1.23. The number of unbranched alkanes of at least 4 members (excludes halogenated alkanes) is 18. The van der Waals surface area contributed by atoms with E-state index in [2.05, 4.69) is 13.8 Å². The van der Waals surface area contributed by atoms with E-state index in [-0.39, 0.29) is 12.8 Å². The van der Waals surface area contributed by atoms with E-state index in [1.54, 1.807) is 0 Å². The Bertz CT molecular complexity index is 621. The van der Waals surface area contributed by atoms with E-state index in [9.17, 15) is 18.0 Å². The third-order valence-electron chi connectivity index (χ3n) is 6.28. The van der Waals surface area contributed by atoms with Gasteiger partial charge in [0.1, 0.15) is 0 Å². The highest BCUT2D eigenvalue weighted by Gasteiger charge is 2.34. The highest BCUT2D eigenvalue weighted by molar-refractivity contribution is 7.87. The molecule has 0 saturated heterocycles. The average molecular weight is 569 g/mol. The van der Waals surface area contributed by atoms with Crippen molar-refractivity contribution in [2.75, 3.05) is 13.2 Å². The van der Waals surface area contributed by atoms with Crippen molar-refractivity contribution in [3.8, 4) is 0 Å². The summed E-state index contributed by atoms with van der Waals surface area (Å²) in [6.07, 6.45) is 24.0. The van der Waals surface area contributed by atoms with Crippen LogP contribution in [0.4, 0.5) is 0 Å². The zero-order chi connectivity index (χ0) is 28.2. The van der Waals surface area contributed by atoms with E-state index in [0.29, 0.717) is 6.42 Å². The fourth-order valence-electron chi connectivity index (χ4n) is 3.96. The number of hydrogen-bond acceptors (Lipinski definition) is 7. The van der Waals surface area contributed by atoms with Gasteiger partial charge in [0.15, 0.2) is 5.25 Å². The molecule has 9 nitrogen and oxygen atoms in total. The highest BCUT2D eigenvalue weighted by atomic mass is 32.2. The molecule has 1 atom stereocenters. The summed E-state index contributed by atoms with van der Waals surface area (Å²) in [5, 5.41) is 6.52. The summed E-state index contributed by atoms with van der Waals surface area (Å²) in [7, 11) is -4.78. The number of carboxylic acids is 1. The number of hydrogen-bond donors (Lipinski definition) is 4. The van der Waals surface area contributed by atoms with Crippen molar-refractivity contribution in [1.82, 2.24) is 6.15 Å². The Labute approximate surface area is 233 Å². The van der Waals surface area contributed by atoms with Crippen molar-refractivity contribution < 1.29 is 32.4 Å². The van der Waals surface area contributed by atoms with Gasteiger partial charge in [0, 0.05) is 0 Å². The number of esters is 1. The maximum absolute atomic E-state index is 11.6. The van der Waals surface area contributed by atoms with Gasteiger partial charge in [-0.15, -0.1) is 0 Å². The Morgan fingerprint density at radius 1 is 0.684 bits per heavy atom. The molecular formula is C28H60N2O7S. The molecule has 0 rings (SSSR count). The SMILES string of the molecule is CCCCCCCCCCCCN.CCCCCCCCCCCCOC(=O)C(CC(=O)O)S(=O)(=O)O.N. The summed E-state index contributed by atoms with van der Waals surface area (Å²) >= 11 is 0. The van der Waals surface area contributed by atoms with Gasteiger partial charge in [-0.3, -0.25) is 14.1 Å². The molecular weight excluding hydrogens is 508 g/mol. The van der Waals surface area contributed by atoms with Crippen molar-refractivity contribution in [1.29, 1.82) is 0 Å². The maximum Gasteiger partial charge on any atom is 0.327 e. The van der Waals surface area contributed by atoms with Crippen LogP contribution in [0.15, 0.2) is 0 Å². The van der Waals surface area contributed by atoms with E-state index in [4.69, 9.17) is 20.1 Å². The fourth-order valence-corrected chi connectivity index (χ4v) is 4.62. The average Bonchev–Trinajstić information content (AvgIpc) is 2.84. The minimum atomic E-state index is -4.78. The van der Waals surface area contributed by atoms with Gasteiger partial charge in [-0.1, -0.05) is 129 Å².